The molecule has 0 spiro atoms. The molecule has 2 aliphatic heterocycles. The lowest BCUT2D eigenvalue weighted by atomic mass is 9.81. The summed E-state index contributed by atoms with van der Waals surface area (Å²) < 4.78 is 74.6. The van der Waals surface area contributed by atoms with Gasteiger partial charge in [-0.25, -0.2) is 14.8 Å². The van der Waals surface area contributed by atoms with E-state index in [0.717, 1.165) is 51.5 Å². The van der Waals surface area contributed by atoms with E-state index in [1.807, 2.05) is 24.3 Å². The summed E-state index contributed by atoms with van der Waals surface area (Å²) in [5.41, 5.74) is 14.6. The van der Waals surface area contributed by atoms with Crippen LogP contribution in [0.15, 0.2) is 155 Å². The molecule has 83 heavy (non-hydrogen) atoms. The van der Waals surface area contributed by atoms with Gasteiger partial charge in [0.15, 0.2) is 16.9 Å². The Morgan fingerprint density at radius 2 is 1.52 bits per heavy atom. The Morgan fingerprint density at radius 3 is 2.23 bits per heavy atom. The molecule has 1 atom stereocenters. The van der Waals surface area contributed by atoms with Gasteiger partial charge < -0.3 is 31.1 Å². The number of benzene rings is 4. The first-order valence-corrected chi connectivity index (χ1v) is 30.7. The highest BCUT2D eigenvalue weighted by molar-refractivity contribution is 7.86. The van der Waals surface area contributed by atoms with Crippen LogP contribution in [0.3, 0.4) is 0 Å². The molecule has 0 radical (unpaired) electrons. The lowest BCUT2D eigenvalue weighted by Crippen LogP contribution is -2.42. The molecule has 3 aliphatic rings. The average Bonchev–Trinajstić information content (AvgIpc) is 2.65. The SMILES string of the molecule is CC1(C)C(/C=C/C2=C(Oc3ccc(CC(NC(=O)c4ccc(NCc5cnc6nc(N)[nH]c(=O)c6n5)cc4)C(=O)O)cc3)C(=C/C=C3/N(CCCCS(=O)(=O)O)c4ccccc4C3(C)C)/CCC2)=[N+](CCCCS(=O)(=O)O)c2ccccc21. The number of nitrogens with one attached hydrogen (secondary N) is 3. The summed E-state index contributed by atoms with van der Waals surface area (Å²) in [5.74, 6) is -1.37. The summed E-state index contributed by atoms with van der Waals surface area (Å²) in [5, 5.41) is 16.1. The number of carboxylic acids is 1. The van der Waals surface area contributed by atoms with Crippen LogP contribution in [0, 0.1) is 0 Å². The Labute approximate surface area is 482 Å². The number of rotatable bonds is 23. The molecule has 434 valence electrons. The number of fused-ring (bicyclic) bond motifs is 3. The van der Waals surface area contributed by atoms with Crippen molar-refractivity contribution >= 4 is 72.0 Å². The van der Waals surface area contributed by atoms with E-state index in [4.69, 9.17) is 10.5 Å². The summed E-state index contributed by atoms with van der Waals surface area (Å²) >= 11 is 0. The van der Waals surface area contributed by atoms with Gasteiger partial charge >= 0.3 is 5.97 Å². The molecule has 20 nitrogen and oxygen atoms in total. The Balaban J connectivity index is 0.973. The van der Waals surface area contributed by atoms with Gasteiger partial charge in [-0.1, -0.05) is 68.5 Å². The normalized spacial score (nSPS) is 17.1. The van der Waals surface area contributed by atoms with Crippen LogP contribution in [-0.2, 0) is 48.8 Å². The molecule has 2 aromatic heterocycles. The van der Waals surface area contributed by atoms with E-state index in [1.54, 1.807) is 48.5 Å². The number of nitrogens with two attached hydrogens (primary N) is 1. The maximum atomic E-state index is 13.5. The number of unbranched alkanes of at least 4 members (excludes halogenated alkanes) is 2. The van der Waals surface area contributed by atoms with Gasteiger partial charge in [0, 0.05) is 65.1 Å². The Hall–Kier alpha value is -8.31. The third-order valence-corrected chi connectivity index (χ3v) is 16.9. The Morgan fingerprint density at radius 1 is 0.831 bits per heavy atom. The molecule has 4 aromatic carbocycles. The molecule has 1 aliphatic carbocycles. The lowest BCUT2D eigenvalue weighted by Gasteiger charge is -2.27. The van der Waals surface area contributed by atoms with Crippen LogP contribution in [0.4, 0.5) is 23.0 Å². The number of aromatic amines is 1. The van der Waals surface area contributed by atoms with E-state index in [9.17, 15) is 45.4 Å². The predicted octanol–water partition coefficient (Wildman–Crippen LogP) is 8.73. The van der Waals surface area contributed by atoms with Crippen LogP contribution >= 0.6 is 0 Å². The number of carbonyl (C=O) groups is 2. The van der Waals surface area contributed by atoms with Gasteiger partial charge in [0.2, 0.25) is 11.6 Å². The van der Waals surface area contributed by atoms with Crippen molar-refractivity contribution < 1.29 is 49.9 Å². The number of aliphatic carboxylic acids is 1. The second-order valence-corrected chi connectivity index (χ2v) is 25.1. The summed E-state index contributed by atoms with van der Waals surface area (Å²) in [6.45, 7) is 9.90. The number of hydrogen-bond acceptors (Lipinski definition) is 14. The molecule has 0 saturated heterocycles. The van der Waals surface area contributed by atoms with Gasteiger partial charge in [-0.3, -0.25) is 23.7 Å². The minimum atomic E-state index is -4.11. The highest BCUT2D eigenvalue weighted by Crippen LogP contribution is 2.48. The van der Waals surface area contributed by atoms with E-state index in [-0.39, 0.29) is 60.0 Å². The quantitative estimate of drug-likeness (QED) is 0.0179. The van der Waals surface area contributed by atoms with Crippen molar-refractivity contribution in [2.75, 3.05) is 40.5 Å². The van der Waals surface area contributed by atoms with Gasteiger partial charge in [-0.15, -0.1) is 0 Å². The lowest BCUT2D eigenvalue weighted by molar-refractivity contribution is -0.438. The van der Waals surface area contributed by atoms with Gasteiger partial charge in [0.1, 0.15) is 24.1 Å². The fourth-order valence-electron chi connectivity index (χ4n) is 11.1. The van der Waals surface area contributed by atoms with Crippen molar-refractivity contribution in [2.45, 2.75) is 102 Å². The number of nitrogen functional groups attached to an aromatic ring is 1. The van der Waals surface area contributed by atoms with Crippen LogP contribution in [-0.4, -0.2) is 104 Å². The third kappa shape index (κ3) is 14.1. The molecule has 0 bridgehead atoms. The van der Waals surface area contributed by atoms with Crippen LogP contribution in [0.1, 0.15) is 105 Å². The van der Waals surface area contributed by atoms with Gasteiger partial charge in [-0.2, -0.15) is 26.4 Å². The number of carbonyl (C=O) groups excluding carboxylic acids is 1. The highest BCUT2D eigenvalue weighted by Gasteiger charge is 2.44. The fraction of sp³-hybridized carbons (Fsp3) is 0.328. The van der Waals surface area contributed by atoms with Crippen LogP contribution in [0.2, 0.25) is 0 Å². The monoisotopic (exact) mass is 1170 g/mol. The van der Waals surface area contributed by atoms with Gasteiger partial charge in [-0.05, 0) is 129 Å². The molecule has 6 aromatic rings. The molecule has 0 saturated carbocycles. The first-order chi connectivity index (χ1) is 39.4. The zero-order valence-electron chi connectivity index (χ0n) is 46.6. The number of nitrogens with zero attached hydrogens (tertiary/aromatic N) is 5. The topological polar surface area (TPSA) is 300 Å². The van der Waals surface area contributed by atoms with Crippen LogP contribution < -0.4 is 31.6 Å². The zero-order chi connectivity index (χ0) is 59.3. The standard InChI is InChI=1S/C61H67N9O11S2/c1-60(2)46-16-5-7-18-49(46)69(32-9-11-34-82(75,76)77)51(60)30-24-40-14-13-15-41(25-31-52-61(3,4)47-17-6-8-19-50(47)70(52)33-10-12-35-83(78,79)80)54(40)81-45-28-20-39(21-29-45)36-48(58(73)74)66-56(71)42-22-26-43(27-23-42)63-37-44-38-64-55-53(65-44)57(72)68-59(62)67-55/h5-8,16-31,38,48H,9-15,32-37H2,1-4H3,(H7-,62,63,64,66,67,68,71,72,73,74,75,76,77,78,79,80)/p+1. The van der Waals surface area contributed by atoms with Crippen LogP contribution in [0.5, 0.6) is 5.75 Å². The predicted molar refractivity (Wildman–Crippen MR) is 319 cm³/mol. The van der Waals surface area contributed by atoms with Crippen LogP contribution in [0.25, 0.3) is 11.2 Å². The number of allylic oxidation sites excluding steroid dienone is 7. The van der Waals surface area contributed by atoms with Crippen molar-refractivity contribution in [3.8, 4) is 5.75 Å². The second-order valence-electron chi connectivity index (χ2n) is 22.0. The number of para-hydroxylation sites is 2. The molecule has 1 unspecified atom stereocenters. The zero-order valence-corrected chi connectivity index (χ0v) is 48.3. The number of anilines is 3. The number of H-pyrrole nitrogens is 1. The maximum Gasteiger partial charge on any atom is 0.326 e. The van der Waals surface area contributed by atoms with Gasteiger partial charge in [0.05, 0.1) is 35.4 Å². The van der Waals surface area contributed by atoms with Crippen molar-refractivity contribution in [1.82, 2.24) is 25.3 Å². The summed E-state index contributed by atoms with van der Waals surface area (Å²) in [6, 6.07) is 28.6. The van der Waals surface area contributed by atoms with Gasteiger partial charge in [0.25, 0.3) is 31.7 Å². The molecule has 22 heteroatoms. The molecule has 8 N–H and O–H groups in total. The Kier molecular flexibility index (Phi) is 17.6. The number of hydrogen-bond donors (Lipinski definition) is 7. The van der Waals surface area contributed by atoms with E-state index in [2.05, 4.69) is 116 Å². The first kappa shape index (κ1) is 59.3. The van der Waals surface area contributed by atoms with Crippen molar-refractivity contribution in [3.05, 3.63) is 188 Å². The number of amides is 1. The van der Waals surface area contributed by atoms with Crippen molar-refractivity contribution in [3.63, 3.8) is 0 Å². The number of aromatic nitrogens is 4. The van der Waals surface area contributed by atoms with E-state index in [0.29, 0.717) is 67.2 Å². The largest absolute Gasteiger partial charge is 0.480 e. The van der Waals surface area contributed by atoms with E-state index < -0.39 is 54.5 Å². The second kappa shape index (κ2) is 24.6. The minimum absolute atomic E-state index is 0.0261. The van der Waals surface area contributed by atoms with Crippen molar-refractivity contribution in [1.29, 1.82) is 0 Å². The fourth-order valence-corrected chi connectivity index (χ4v) is 12.2. The first-order valence-electron chi connectivity index (χ1n) is 27.5. The summed E-state index contributed by atoms with van der Waals surface area (Å²) in [6.07, 6.45) is 13.7. The molecular weight excluding hydrogens is 1100 g/mol. The maximum absolute atomic E-state index is 13.5. The van der Waals surface area contributed by atoms with Crippen molar-refractivity contribution in [2.24, 2.45) is 0 Å². The molecule has 0 fully saturated rings. The summed E-state index contributed by atoms with van der Waals surface area (Å²) in [4.78, 5) is 55.5. The molecular formula is C61H68N9O11S2+. The summed E-state index contributed by atoms with van der Waals surface area (Å²) in [7, 11) is -8.23. The number of carboxylic acid groups (broad SMARTS) is 1. The Bertz CT molecular complexity index is 3930. The molecule has 9 rings (SSSR count). The minimum Gasteiger partial charge on any atom is -0.480 e. The molecule has 1 amide bonds. The molecule has 4 heterocycles. The number of ether oxygens (including phenoxy) is 1. The third-order valence-electron chi connectivity index (χ3n) is 15.3. The highest BCUT2D eigenvalue weighted by atomic mass is 32.2. The smallest absolute Gasteiger partial charge is 0.326 e. The van der Waals surface area contributed by atoms with E-state index in [1.165, 1.54) is 6.20 Å². The van der Waals surface area contributed by atoms with E-state index >= 15 is 0 Å². The average molecular weight is 1170 g/mol.